The first-order chi connectivity index (χ1) is 7.68. The third-order valence-electron chi connectivity index (χ3n) is 2.72. The zero-order valence-corrected chi connectivity index (χ0v) is 11.6. The van der Waals surface area contributed by atoms with Gasteiger partial charge >= 0.3 is 0 Å². The summed E-state index contributed by atoms with van der Waals surface area (Å²) < 4.78 is 1.01. The molecule has 1 aliphatic heterocycles. The van der Waals surface area contributed by atoms with E-state index in [9.17, 15) is 4.79 Å². The summed E-state index contributed by atoms with van der Waals surface area (Å²) in [5, 5.41) is 0. The molecule has 1 unspecified atom stereocenters. The van der Waals surface area contributed by atoms with Crippen LogP contribution in [0.3, 0.4) is 0 Å². The summed E-state index contributed by atoms with van der Waals surface area (Å²) in [5.41, 5.74) is 0.780. The molecule has 0 saturated carbocycles. The van der Waals surface area contributed by atoms with Crippen LogP contribution in [0.25, 0.3) is 0 Å². The van der Waals surface area contributed by atoms with Gasteiger partial charge in [0.15, 0.2) is 0 Å². The Hall–Kier alpha value is -0.480. The lowest BCUT2D eigenvalue weighted by molar-refractivity contribution is 0.0716. The molecule has 16 heavy (non-hydrogen) atoms. The second kappa shape index (κ2) is 5.23. The number of benzene rings is 1. The first-order valence-electron chi connectivity index (χ1n) is 5.33. The highest BCUT2D eigenvalue weighted by atomic mass is 79.9. The summed E-state index contributed by atoms with van der Waals surface area (Å²) in [7, 11) is 0. The summed E-state index contributed by atoms with van der Waals surface area (Å²) in [6, 6.07) is 7.92. The second-order valence-corrected chi connectivity index (χ2v) is 5.99. The number of amides is 1. The Kier molecular flexibility index (Phi) is 3.92. The fraction of sp³-hybridized carbons (Fsp3) is 0.417. The highest BCUT2D eigenvalue weighted by molar-refractivity contribution is 9.10. The van der Waals surface area contributed by atoms with Crippen LogP contribution in [0.5, 0.6) is 0 Å². The Morgan fingerprint density at radius 1 is 1.44 bits per heavy atom. The van der Waals surface area contributed by atoms with Gasteiger partial charge in [-0.3, -0.25) is 4.79 Å². The minimum atomic E-state index is 0.153. The molecule has 1 aliphatic rings. The van der Waals surface area contributed by atoms with Crippen LogP contribution in [-0.4, -0.2) is 34.9 Å². The highest BCUT2D eigenvalue weighted by Crippen LogP contribution is 2.19. The van der Waals surface area contributed by atoms with Gasteiger partial charge < -0.3 is 4.90 Å². The van der Waals surface area contributed by atoms with Crippen LogP contribution in [0.4, 0.5) is 0 Å². The molecule has 4 heteroatoms. The van der Waals surface area contributed by atoms with Gasteiger partial charge in [-0.15, -0.1) is 0 Å². The van der Waals surface area contributed by atoms with E-state index in [-0.39, 0.29) is 5.91 Å². The predicted molar refractivity (Wildman–Crippen MR) is 72.0 cm³/mol. The van der Waals surface area contributed by atoms with E-state index in [2.05, 4.69) is 22.9 Å². The van der Waals surface area contributed by atoms with Crippen molar-refractivity contribution in [2.75, 3.05) is 18.1 Å². The fourth-order valence-electron chi connectivity index (χ4n) is 1.79. The monoisotopic (exact) mass is 299 g/mol. The van der Waals surface area contributed by atoms with E-state index in [1.165, 1.54) is 0 Å². The molecule has 0 bridgehead atoms. The van der Waals surface area contributed by atoms with Gasteiger partial charge in [0.05, 0.1) is 0 Å². The minimum Gasteiger partial charge on any atom is -0.334 e. The molecule has 0 radical (unpaired) electrons. The quantitative estimate of drug-likeness (QED) is 0.794. The summed E-state index contributed by atoms with van der Waals surface area (Å²) in [4.78, 5) is 14.2. The van der Waals surface area contributed by atoms with Crippen molar-refractivity contribution in [2.24, 2.45) is 0 Å². The van der Waals surface area contributed by atoms with Gasteiger partial charge in [0.1, 0.15) is 0 Å². The fourth-order valence-corrected chi connectivity index (χ4v) is 3.06. The van der Waals surface area contributed by atoms with E-state index in [1.54, 1.807) is 0 Å². The standard InChI is InChI=1S/C12H14BrNOS/c1-9-8-16-7-6-14(9)12(15)10-2-4-11(13)5-3-10/h2-5,9H,6-8H2,1H3. The van der Waals surface area contributed by atoms with Crippen LogP contribution in [0.2, 0.25) is 0 Å². The van der Waals surface area contributed by atoms with Gasteiger partial charge in [0, 0.05) is 34.1 Å². The number of hydrogen-bond acceptors (Lipinski definition) is 2. The number of hydrogen-bond donors (Lipinski definition) is 0. The average molecular weight is 300 g/mol. The molecule has 0 N–H and O–H groups in total. The van der Waals surface area contributed by atoms with E-state index >= 15 is 0 Å². The topological polar surface area (TPSA) is 20.3 Å². The molecule has 0 aliphatic carbocycles. The molecule has 86 valence electrons. The first kappa shape index (κ1) is 12.0. The van der Waals surface area contributed by atoms with Gasteiger partial charge in [-0.05, 0) is 31.2 Å². The van der Waals surface area contributed by atoms with E-state index in [4.69, 9.17) is 0 Å². The number of carbonyl (C=O) groups is 1. The lowest BCUT2D eigenvalue weighted by atomic mass is 10.1. The lowest BCUT2D eigenvalue weighted by Gasteiger charge is -2.33. The smallest absolute Gasteiger partial charge is 0.254 e. The Balaban J connectivity index is 2.14. The zero-order chi connectivity index (χ0) is 11.5. The molecule has 1 aromatic carbocycles. The third kappa shape index (κ3) is 2.61. The van der Waals surface area contributed by atoms with Crippen molar-refractivity contribution < 1.29 is 4.79 Å². The van der Waals surface area contributed by atoms with E-state index in [1.807, 2.05) is 40.9 Å². The third-order valence-corrected chi connectivity index (χ3v) is 4.44. The van der Waals surface area contributed by atoms with Crippen LogP contribution in [0.15, 0.2) is 28.7 Å². The summed E-state index contributed by atoms with van der Waals surface area (Å²) in [6.07, 6.45) is 0. The molecule has 1 heterocycles. The molecule has 0 aromatic heterocycles. The van der Waals surface area contributed by atoms with Crippen molar-refractivity contribution in [1.29, 1.82) is 0 Å². The number of rotatable bonds is 1. The van der Waals surface area contributed by atoms with Crippen molar-refractivity contribution in [3.05, 3.63) is 34.3 Å². The van der Waals surface area contributed by atoms with Crippen molar-refractivity contribution >= 4 is 33.6 Å². The lowest BCUT2D eigenvalue weighted by Crippen LogP contribution is -2.44. The Morgan fingerprint density at radius 3 is 2.75 bits per heavy atom. The Bertz CT molecular complexity index is 379. The number of halogens is 1. The van der Waals surface area contributed by atoms with Crippen molar-refractivity contribution in [1.82, 2.24) is 4.90 Å². The van der Waals surface area contributed by atoms with Crippen LogP contribution >= 0.6 is 27.7 Å². The number of carbonyl (C=O) groups excluding carboxylic acids is 1. The first-order valence-corrected chi connectivity index (χ1v) is 7.27. The molecule has 1 amide bonds. The Labute approximate surface area is 109 Å². The van der Waals surface area contributed by atoms with Gasteiger partial charge in [0.2, 0.25) is 0 Å². The van der Waals surface area contributed by atoms with Crippen molar-refractivity contribution in [3.63, 3.8) is 0 Å². The SMILES string of the molecule is CC1CSCCN1C(=O)c1ccc(Br)cc1. The van der Waals surface area contributed by atoms with Gasteiger partial charge in [0.25, 0.3) is 5.91 Å². The van der Waals surface area contributed by atoms with Crippen LogP contribution in [0, 0.1) is 0 Å². The summed E-state index contributed by atoms with van der Waals surface area (Å²) >= 11 is 5.29. The molecule has 1 atom stereocenters. The molecule has 2 nitrogen and oxygen atoms in total. The van der Waals surface area contributed by atoms with Crippen molar-refractivity contribution in [3.8, 4) is 0 Å². The largest absolute Gasteiger partial charge is 0.334 e. The Morgan fingerprint density at radius 2 is 2.12 bits per heavy atom. The van der Waals surface area contributed by atoms with Gasteiger partial charge in [-0.25, -0.2) is 0 Å². The maximum atomic E-state index is 12.2. The second-order valence-electron chi connectivity index (χ2n) is 3.93. The highest BCUT2D eigenvalue weighted by Gasteiger charge is 2.24. The normalized spacial score (nSPS) is 20.9. The van der Waals surface area contributed by atoms with Crippen molar-refractivity contribution in [2.45, 2.75) is 13.0 Å². The summed E-state index contributed by atoms with van der Waals surface area (Å²) in [6.45, 7) is 2.98. The number of nitrogens with zero attached hydrogens (tertiary/aromatic N) is 1. The molecular formula is C12H14BrNOS. The molecule has 1 saturated heterocycles. The average Bonchev–Trinajstić information content (AvgIpc) is 2.30. The summed E-state index contributed by atoms with van der Waals surface area (Å²) in [5.74, 6) is 2.25. The molecule has 1 aromatic rings. The molecular weight excluding hydrogens is 286 g/mol. The molecule has 2 rings (SSSR count). The van der Waals surface area contributed by atoms with Gasteiger partial charge in [-0.2, -0.15) is 11.8 Å². The maximum Gasteiger partial charge on any atom is 0.254 e. The van der Waals surface area contributed by atoms with E-state index < -0.39 is 0 Å². The number of thioether (sulfide) groups is 1. The minimum absolute atomic E-state index is 0.153. The van der Waals surface area contributed by atoms with E-state index in [0.717, 1.165) is 28.1 Å². The van der Waals surface area contributed by atoms with Crippen LogP contribution < -0.4 is 0 Å². The van der Waals surface area contributed by atoms with Gasteiger partial charge in [-0.1, -0.05) is 15.9 Å². The van der Waals surface area contributed by atoms with Crippen LogP contribution in [0.1, 0.15) is 17.3 Å². The predicted octanol–water partition coefficient (Wildman–Crippen LogP) is 3.03. The molecule has 0 spiro atoms. The molecule has 1 fully saturated rings. The maximum absolute atomic E-state index is 12.2. The zero-order valence-electron chi connectivity index (χ0n) is 9.15. The van der Waals surface area contributed by atoms with E-state index in [0.29, 0.717) is 6.04 Å². The van der Waals surface area contributed by atoms with Crippen LogP contribution in [-0.2, 0) is 0 Å².